The summed E-state index contributed by atoms with van der Waals surface area (Å²) in [7, 11) is 1.87. The Kier molecular flexibility index (Phi) is 3.58. The molecule has 108 valence electrons. The Labute approximate surface area is 122 Å². The van der Waals surface area contributed by atoms with E-state index in [-0.39, 0.29) is 0 Å². The molecule has 1 atom stereocenters. The Morgan fingerprint density at radius 1 is 1.24 bits per heavy atom. The number of nitrogens with zero attached hydrogens (tertiary/aromatic N) is 3. The molecule has 0 saturated carbocycles. The van der Waals surface area contributed by atoms with Gasteiger partial charge in [0.05, 0.1) is 6.10 Å². The van der Waals surface area contributed by atoms with Crippen molar-refractivity contribution >= 4 is 10.8 Å². The van der Waals surface area contributed by atoms with Gasteiger partial charge in [-0.25, -0.2) is 0 Å². The van der Waals surface area contributed by atoms with E-state index in [2.05, 4.69) is 10.2 Å². The van der Waals surface area contributed by atoms with E-state index in [0.717, 1.165) is 22.2 Å². The van der Waals surface area contributed by atoms with Crippen molar-refractivity contribution in [1.29, 1.82) is 0 Å². The molecule has 21 heavy (non-hydrogen) atoms. The van der Waals surface area contributed by atoms with Crippen LogP contribution in [0.15, 0.2) is 42.7 Å². The van der Waals surface area contributed by atoms with Crippen LogP contribution in [0.25, 0.3) is 10.8 Å². The molecule has 0 radical (unpaired) electrons. The van der Waals surface area contributed by atoms with Crippen molar-refractivity contribution < 1.29 is 9.84 Å². The maximum Gasteiger partial charge on any atom is 0.170 e. The normalized spacial score (nSPS) is 12.5. The number of benzene rings is 2. The number of hydrogen-bond acceptors (Lipinski definition) is 4. The van der Waals surface area contributed by atoms with Gasteiger partial charge in [0.15, 0.2) is 5.82 Å². The molecule has 0 fully saturated rings. The van der Waals surface area contributed by atoms with Gasteiger partial charge in [0, 0.05) is 18.0 Å². The molecule has 0 aliphatic rings. The van der Waals surface area contributed by atoms with E-state index in [9.17, 15) is 5.11 Å². The minimum absolute atomic E-state index is 0.310. The summed E-state index contributed by atoms with van der Waals surface area (Å²) in [6.07, 6.45) is 1.04. The molecule has 1 N–H and O–H groups in total. The zero-order valence-corrected chi connectivity index (χ0v) is 12.0. The predicted octanol–water partition coefficient (Wildman–Crippen LogP) is 2.60. The molecule has 0 aliphatic carbocycles. The van der Waals surface area contributed by atoms with Gasteiger partial charge in [0.2, 0.25) is 0 Å². The molecule has 1 aromatic heterocycles. The second-order valence-corrected chi connectivity index (χ2v) is 5.03. The average Bonchev–Trinajstić information content (AvgIpc) is 2.89. The highest BCUT2D eigenvalue weighted by atomic mass is 16.5. The van der Waals surface area contributed by atoms with E-state index in [1.54, 1.807) is 13.3 Å². The molecular formula is C16H17N3O2. The molecular weight excluding hydrogens is 266 g/mol. The summed E-state index contributed by atoms with van der Waals surface area (Å²) in [4.78, 5) is 0. The van der Waals surface area contributed by atoms with Gasteiger partial charge in [0.1, 0.15) is 18.7 Å². The maximum absolute atomic E-state index is 9.96. The number of fused-ring (bicyclic) bond motifs is 1. The smallest absolute Gasteiger partial charge is 0.170 e. The Morgan fingerprint density at radius 2 is 2.05 bits per heavy atom. The van der Waals surface area contributed by atoms with E-state index in [1.807, 2.05) is 48.0 Å². The third kappa shape index (κ3) is 2.60. The summed E-state index contributed by atoms with van der Waals surface area (Å²) >= 11 is 0. The molecule has 0 amide bonds. The largest absolute Gasteiger partial charge is 0.485 e. The van der Waals surface area contributed by atoms with Crippen molar-refractivity contribution in [3.05, 3.63) is 54.1 Å². The maximum atomic E-state index is 9.96. The fourth-order valence-electron chi connectivity index (χ4n) is 2.32. The lowest BCUT2D eigenvalue weighted by molar-refractivity contribution is 0.190. The van der Waals surface area contributed by atoms with Crippen molar-refractivity contribution in [2.45, 2.75) is 19.6 Å². The summed E-state index contributed by atoms with van der Waals surface area (Å²) in [6, 6.07) is 11.9. The molecule has 0 saturated heterocycles. The molecule has 2 aromatic carbocycles. The van der Waals surface area contributed by atoms with Gasteiger partial charge in [-0.1, -0.05) is 36.4 Å². The highest BCUT2D eigenvalue weighted by molar-refractivity contribution is 5.89. The van der Waals surface area contributed by atoms with E-state index in [0.29, 0.717) is 12.4 Å². The van der Waals surface area contributed by atoms with Crippen molar-refractivity contribution in [3.63, 3.8) is 0 Å². The minimum atomic E-state index is -0.593. The van der Waals surface area contributed by atoms with Gasteiger partial charge >= 0.3 is 0 Å². The Bertz CT molecular complexity index is 765. The van der Waals surface area contributed by atoms with Gasteiger partial charge in [0.25, 0.3) is 0 Å². The number of hydrogen-bond donors (Lipinski definition) is 1. The van der Waals surface area contributed by atoms with Crippen molar-refractivity contribution in [2.24, 2.45) is 7.05 Å². The number of rotatable bonds is 4. The van der Waals surface area contributed by atoms with Crippen LogP contribution in [0.1, 0.15) is 24.4 Å². The monoisotopic (exact) mass is 283 g/mol. The third-order valence-electron chi connectivity index (χ3n) is 3.51. The predicted molar refractivity (Wildman–Crippen MR) is 79.9 cm³/mol. The van der Waals surface area contributed by atoms with Crippen LogP contribution in [0.2, 0.25) is 0 Å². The quantitative estimate of drug-likeness (QED) is 0.799. The summed E-state index contributed by atoms with van der Waals surface area (Å²) in [5.41, 5.74) is 0.774. The fraction of sp³-hybridized carbons (Fsp3) is 0.250. The van der Waals surface area contributed by atoms with E-state index < -0.39 is 6.10 Å². The molecule has 3 aromatic rings. The highest BCUT2D eigenvalue weighted by Gasteiger charge is 2.14. The first-order valence-corrected chi connectivity index (χ1v) is 6.82. The zero-order valence-electron chi connectivity index (χ0n) is 12.0. The van der Waals surface area contributed by atoms with Crippen molar-refractivity contribution in [1.82, 2.24) is 14.8 Å². The Balaban J connectivity index is 2.02. The van der Waals surface area contributed by atoms with E-state index in [4.69, 9.17) is 4.74 Å². The summed E-state index contributed by atoms with van der Waals surface area (Å²) in [5.74, 6) is 1.44. The van der Waals surface area contributed by atoms with Crippen LogP contribution < -0.4 is 4.74 Å². The number of aryl methyl sites for hydroxylation is 1. The number of aliphatic hydroxyl groups excluding tert-OH is 1. The number of aromatic nitrogens is 3. The first-order valence-electron chi connectivity index (χ1n) is 6.82. The van der Waals surface area contributed by atoms with Gasteiger partial charge < -0.3 is 14.4 Å². The molecule has 5 heteroatoms. The Hall–Kier alpha value is -2.40. The van der Waals surface area contributed by atoms with Gasteiger partial charge in [-0.3, -0.25) is 0 Å². The first kappa shape index (κ1) is 13.6. The molecule has 0 spiro atoms. The standard InChI is InChI=1S/C16H17N3O2/c1-11(20)13-8-7-12-5-3-4-6-14(12)16(13)21-9-15-18-17-10-19(15)2/h3-8,10-11,20H,9H2,1-2H3. The highest BCUT2D eigenvalue weighted by Crippen LogP contribution is 2.34. The van der Waals surface area contributed by atoms with Crippen LogP contribution in [-0.4, -0.2) is 19.9 Å². The van der Waals surface area contributed by atoms with E-state index in [1.165, 1.54) is 0 Å². The second-order valence-electron chi connectivity index (χ2n) is 5.03. The number of aliphatic hydroxyl groups is 1. The minimum Gasteiger partial charge on any atom is -0.485 e. The third-order valence-corrected chi connectivity index (χ3v) is 3.51. The fourth-order valence-corrected chi connectivity index (χ4v) is 2.32. The summed E-state index contributed by atoms with van der Waals surface area (Å²) in [5, 5.41) is 19.9. The lowest BCUT2D eigenvalue weighted by atomic mass is 10.0. The zero-order chi connectivity index (χ0) is 14.8. The molecule has 1 unspecified atom stereocenters. The number of ether oxygens (including phenoxy) is 1. The first-order chi connectivity index (χ1) is 10.2. The van der Waals surface area contributed by atoms with Crippen LogP contribution in [-0.2, 0) is 13.7 Å². The van der Waals surface area contributed by atoms with Gasteiger partial charge in [-0.15, -0.1) is 10.2 Å². The molecule has 5 nitrogen and oxygen atoms in total. The van der Waals surface area contributed by atoms with Gasteiger partial charge in [-0.05, 0) is 12.3 Å². The van der Waals surface area contributed by atoms with Gasteiger partial charge in [-0.2, -0.15) is 0 Å². The molecule has 3 rings (SSSR count). The van der Waals surface area contributed by atoms with Crippen LogP contribution >= 0.6 is 0 Å². The topological polar surface area (TPSA) is 60.2 Å². The van der Waals surface area contributed by atoms with Crippen LogP contribution in [0, 0.1) is 0 Å². The molecule has 1 heterocycles. The van der Waals surface area contributed by atoms with E-state index >= 15 is 0 Å². The molecule has 0 bridgehead atoms. The SMILES string of the molecule is CC(O)c1ccc2ccccc2c1OCc1nncn1C. The second kappa shape index (κ2) is 5.54. The lowest BCUT2D eigenvalue weighted by Crippen LogP contribution is -2.06. The Morgan fingerprint density at radius 3 is 2.76 bits per heavy atom. The molecule has 0 aliphatic heterocycles. The van der Waals surface area contributed by atoms with Crippen molar-refractivity contribution in [2.75, 3.05) is 0 Å². The van der Waals surface area contributed by atoms with Crippen LogP contribution in [0.5, 0.6) is 5.75 Å². The van der Waals surface area contributed by atoms with Crippen LogP contribution in [0.4, 0.5) is 0 Å². The summed E-state index contributed by atoms with van der Waals surface area (Å²) in [6.45, 7) is 2.05. The summed E-state index contributed by atoms with van der Waals surface area (Å²) < 4.78 is 7.77. The van der Waals surface area contributed by atoms with Crippen molar-refractivity contribution in [3.8, 4) is 5.75 Å². The lowest BCUT2D eigenvalue weighted by Gasteiger charge is -2.16. The average molecular weight is 283 g/mol. The van der Waals surface area contributed by atoms with Crippen LogP contribution in [0.3, 0.4) is 0 Å².